The molecule has 0 rings (SSSR count). The van der Waals surface area contributed by atoms with Gasteiger partial charge in [0, 0.05) is 12.6 Å². The van der Waals surface area contributed by atoms with Crippen LogP contribution in [0.2, 0.25) is 18.1 Å². The van der Waals surface area contributed by atoms with E-state index in [0.29, 0.717) is 6.61 Å². The minimum atomic E-state index is -1.71. The number of rotatable bonds is 6. The van der Waals surface area contributed by atoms with E-state index in [1.165, 1.54) is 0 Å². The minimum Gasteiger partial charge on any atom is -0.480 e. The summed E-state index contributed by atoms with van der Waals surface area (Å²) in [5, 5.41) is 11.6. The fourth-order valence-corrected chi connectivity index (χ4v) is 1.97. The van der Waals surface area contributed by atoms with Crippen molar-refractivity contribution in [2.45, 2.75) is 51.9 Å². The van der Waals surface area contributed by atoms with Gasteiger partial charge in [0.05, 0.1) is 6.54 Å². The van der Waals surface area contributed by atoms with Gasteiger partial charge in [-0.15, -0.1) is 0 Å². The van der Waals surface area contributed by atoms with Gasteiger partial charge in [0.15, 0.2) is 8.32 Å². The van der Waals surface area contributed by atoms with E-state index >= 15 is 0 Å². The Labute approximate surface area is 99.5 Å². The van der Waals surface area contributed by atoms with Crippen LogP contribution < -0.4 is 5.32 Å². The fraction of sp³-hybridized carbons (Fsp3) is 0.909. The summed E-state index contributed by atoms with van der Waals surface area (Å²) >= 11 is 0. The van der Waals surface area contributed by atoms with Gasteiger partial charge < -0.3 is 14.8 Å². The zero-order valence-electron chi connectivity index (χ0n) is 11.3. The van der Waals surface area contributed by atoms with Crippen LogP contribution in [0, 0.1) is 0 Å². The van der Waals surface area contributed by atoms with Crippen molar-refractivity contribution in [3.8, 4) is 0 Å². The van der Waals surface area contributed by atoms with Crippen LogP contribution in [0.3, 0.4) is 0 Å². The normalized spacial score (nSPS) is 14.9. The molecule has 0 radical (unpaired) electrons. The van der Waals surface area contributed by atoms with Gasteiger partial charge in [-0.1, -0.05) is 20.8 Å². The maximum absolute atomic E-state index is 10.4. The molecule has 4 nitrogen and oxygen atoms in total. The first-order chi connectivity index (χ1) is 7.06. The summed E-state index contributed by atoms with van der Waals surface area (Å²) in [6, 6.07) is 0.0743. The molecule has 16 heavy (non-hydrogen) atoms. The molecular weight excluding hydrogens is 222 g/mol. The lowest BCUT2D eigenvalue weighted by Gasteiger charge is -2.37. The van der Waals surface area contributed by atoms with Gasteiger partial charge in [-0.05, 0) is 25.1 Å². The lowest BCUT2D eigenvalue weighted by molar-refractivity contribution is -0.136. The van der Waals surface area contributed by atoms with Crippen LogP contribution in [0.15, 0.2) is 0 Å². The van der Waals surface area contributed by atoms with E-state index in [1.807, 2.05) is 6.92 Å². The molecule has 0 aliphatic carbocycles. The molecule has 0 aliphatic heterocycles. The quantitative estimate of drug-likeness (QED) is 0.706. The van der Waals surface area contributed by atoms with Gasteiger partial charge in [-0.2, -0.15) is 0 Å². The van der Waals surface area contributed by atoms with Gasteiger partial charge in [0.25, 0.3) is 0 Å². The predicted octanol–water partition coefficient (Wildman–Crippen LogP) is 2.07. The molecule has 1 atom stereocenters. The zero-order chi connectivity index (χ0) is 13.0. The molecule has 96 valence electrons. The predicted molar refractivity (Wildman–Crippen MR) is 68.2 cm³/mol. The Bertz CT molecular complexity index is 236. The van der Waals surface area contributed by atoms with Crippen LogP contribution in [-0.2, 0) is 9.22 Å². The third kappa shape index (κ3) is 5.63. The highest BCUT2D eigenvalue weighted by Gasteiger charge is 2.37. The van der Waals surface area contributed by atoms with Crippen molar-refractivity contribution in [3.05, 3.63) is 0 Å². The van der Waals surface area contributed by atoms with Crippen LogP contribution in [0.1, 0.15) is 27.7 Å². The summed E-state index contributed by atoms with van der Waals surface area (Å²) in [5.74, 6) is -0.834. The van der Waals surface area contributed by atoms with Gasteiger partial charge in [0.2, 0.25) is 0 Å². The van der Waals surface area contributed by atoms with E-state index in [0.717, 1.165) is 0 Å². The third-order valence-corrected chi connectivity index (χ3v) is 7.60. The standard InChI is InChI=1S/C11H25NO3Si/c1-9(12-7-10(13)14)8-15-16(5,6)11(2,3)4/h9,12H,7-8H2,1-6H3,(H,13,14). The monoisotopic (exact) mass is 247 g/mol. The fourth-order valence-electron chi connectivity index (χ4n) is 0.870. The molecule has 0 saturated carbocycles. The third-order valence-electron chi connectivity index (χ3n) is 3.10. The lowest BCUT2D eigenvalue weighted by Crippen LogP contribution is -2.45. The summed E-state index contributed by atoms with van der Waals surface area (Å²) < 4.78 is 5.97. The molecule has 0 bridgehead atoms. The largest absolute Gasteiger partial charge is 0.480 e. The summed E-state index contributed by atoms with van der Waals surface area (Å²) in [6.45, 7) is 13.5. The number of aliphatic carboxylic acids is 1. The molecule has 0 aromatic carbocycles. The van der Waals surface area contributed by atoms with Crippen molar-refractivity contribution >= 4 is 14.3 Å². The summed E-state index contributed by atoms with van der Waals surface area (Å²) in [4.78, 5) is 10.4. The highest BCUT2D eigenvalue weighted by Crippen LogP contribution is 2.36. The van der Waals surface area contributed by atoms with E-state index in [1.54, 1.807) is 0 Å². The molecule has 0 heterocycles. The van der Waals surface area contributed by atoms with Crippen molar-refractivity contribution in [1.29, 1.82) is 0 Å². The molecular formula is C11H25NO3Si. The minimum absolute atomic E-state index is 0.0119. The maximum atomic E-state index is 10.4. The van der Waals surface area contributed by atoms with E-state index < -0.39 is 14.3 Å². The molecule has 0 saturated heterocycles. The topological polar surface area (TPSA) is 58.6 Å². The van der Waals surface area contributed by atoms with Crippen molar-refractivity contribution in [3.63, 3.8) is 0 Å². The second-order valence-electron chi connectivity index (χ2n) is 5.75. The van der Waals surface area contributed by atoms with Gasteiger partial charge >= 0.3 is 5.97 Å². The Morgan fingerprint density at radius 2 is 1.94 bits per heavy atom. The Morgan fingerprint density at radius 1 is 1.44 bits per heavy atom. The zero-order valence-corrected chi connectivity index (χ0v) is 12.3. The summed E-state index contributed by atoms with van der Waals surface area (Å²) in [5.41, 5.74) is 0. The Balaban J connectivity index is 4.00. The van der Waals surface area contributed by atoms with Crippen LogP contribution in [0.25, 0.3) is 0 Å². The number of hydrogen-bond acceptors (Lipinski definition) is 3. The first-order valence-corrected chi connectivity index (χ1v) is 8.56. The number of nitrogens with one attached hydrogen (secondary N) is 1. The van der Waals surface area contributed by atoms with Crippen molar-refractivity contribution in [2.24, 2.45) is 0 Å². The maximum Gasteiger partial charge on any atom is 0.317 e. The molecule has 0 aromatic heterocycles. The highest BCUT2D eigenvalue weighted by molar-refractivity contribution is 6.74. The first-order valence-electron chi connectivity index (χ1n) is 5.65. The molecule has 0 aliphatic rings. The molecule has 0 spiro atoms. The molecule has 0 fully saturated rings. The van der Waals surface area contributed by atoms with E-state index in [4.69, 9.17) is 9.53 Å². The van der Waals surface area contributed by atoms with Crippen LogP contribution in [-0.4, -0.2) is 38.6 Å². The first kappa shape index (κ1) is 15.6. The van der Waals surface area contributed by atoms with Crippen molar-refractivity contribution < 1.29 is 14.3 Å². The van der Waals surface area contributed by atoms with Crippen LogP contribution in [0.4, 0.5) is 0 Å². The Hall–Kier alpha value is -0.393. The second kappa shape index (κ2) is 5.79. The molecule has 0 amide bonds. The van der Waals surface area contributed by atoms with Crippen LogP contribution >= 0.6 is 0 Å². The average molecular weight is 247 g/mol. The average Bonchev–Trinajstić information content (AvgIpc) is 2.09. The van der Waals surface area contributed by atoms with Crippen molar-refractivity contribution in [2.75, 3.05) is 13.2 Å². The SMILES string of the molecule is CC(CO[Si](C)(C)C(C)(C)C)NCC(=O)O. The van der Waals surface area contributed by atoms with E-state index in [9.17, 15) is 4.79 Å². The lowest BCUT2D eigenvalue weighted by atomic mass is 10.2. The van der Waals surface area contributed by atoms with Crippen molar-refractivity contribution in [1.82, 2.24) is 5.32 Å². The summed E-state index contributed by atoms with van der Waals surface area (Å²) in [7, 11) is -1.71. The van der Waals surface area contributed by atoms with E-state index in [2.05, 4.69) is 39.2 Å². The molecule has 2 N–H and O–H groups in total. The number of carboxylic acid groups (broad SMARTS) is 1. The number of carboxylic acids is 1. The molecule has 1 unspecified atom stereocenters. The van der Waals surface area contributed by atoms with Gasteiger partial charge in [0.1, 0.15) is 0 Å². The number of carbonyl (C=O) groups is 1. The second-order valence-corrected chi connectivity index (χ2v) is 10.6. The Morgan fingerprint density at radius 3 is 2.31 bits per heavy atom. The van der Waals surface area contributed by atoms with Crippen LogP contribution in [0.5, 0.6) is 0 Å². The number of hydrogen-bond donors (Lipinski definition) is 2. The van der Waals surface area contributed by atoms with E-state index in [-0.39, 0.29) is 17.6 Å². The molecule has 0 aromatic rings. The smallest absolute Gasteiger partial charge is 0.317 e. The van der Waals surface area contributed by atoms with Gasteiger partial charge in [-0.25, -0.2) is 0 Å². The highest BCUT2D eigenvalue weighted by atomic mass is 28.4. The van der Waals surface area contributed by atoms with Gasteiger partial charge in [-0.3, -0.25) is 4.79 Å². The molecule has 5 heteroatoms. The summed E-state index contributed by atoms with van der Waals surface area (Å²) in [6.07, 6.45) is 0. The Kier molecular flexibility index (Phi) is 5.65.